The van der Waals surface area contributed by atoms with E-state index in [9.17, 15) is 14.4 Å². The molecule has 0 saturated heterocycles. The number of aryl methyl sites for hydroxylation is 2. The van der Waals surface area contributed by atoms with Crippen LogP contribution in [0.5, 0.6) is 0 Å². The molecule has 6 nitrogen and oxygen atoms in total. The molecule has 0 bridgehead atoms. The zero-order valence-electron chi connectivity index (χ0n) is 13.6. The molecule has 2 N–H and O–H groups in total. The fourth-order valence-corrected chi connectivity index (χ4v) is 3.51. The molecule has 3 amide bonds. The summed E-state index contributed by atoms with van der Waals surface area (Å²) in [4.78, 5) is 37.2. The Balaban J connectivity index is 1.90. The molecule has 7 heteroatoms. The van der Waals surface area contributed by atoms with E-state index in [-0.39, 0.29) is 6.04 Å². The van der Waals surface area contributed by atoms with Crippen LogP contribution in [0.2, 0.25) is 0 Å². The van der Waals surface area contributed by atoms with E-state index in [1.807, 2.05) is 6.07 Å². The van der Waals surface area contributed by atoms with Gasteiger partial charge in [-0.25, -0.2) is 9.59 Å². The molecule has 0 radical (unpaired) electrons. The molecule has 1 aliphatic rings. The van der Waals surface area contributed by atoms with Gasteiger partial charge in [0.15, 0.2) is 6.10 Å². The highest BCUT2D eigenvalue weighted by molar-refractivity contribution is 7.14. The number of ether oxygens (including phenoxy) is 1. The number of imide groups is 1. The minimum Gasteiger partial charge on any atom is -0.448 e. The van der Waals surface area contributed by atoms with Crippen LogP contribution in [0.1, 0.15) is 53.7 Å². The van der Waals surface area contributed by atoms with E-state index in [4.69, 9.17) is 4.74 Å². The number of fused-ring (bicyclic) bond motifs is 1. The van der Waals surface area contributed by atoms with Gasteiger partial charge in [-0.2, -0.15) is 0 Å². The van der Waals surface area contributed by atoms with Gasteiger partial charge in [0.1, 0.15) is 4.88 Å². The molecule has 0 fully saturated rings. The van der Waals surface area contributed by atoms with Crippen molar-refractivity contribution in [2.24, 2.45) is 0 Å². The number of carbonyl (C=O) groups excluding carboxylic acids is 3. The van der Waals surface area contributed by atoms with Crippen LogP contribution in [0.3, 0.4) is 0 Å². The summed E-state index contributed by atoms with van der Waals surface area (Å²) in [6, 6.07) is 1.18. The molecule has 126 valence electrons. The van der Waals surface area contributed by atoms with Gasteiger partial charge >= 0.3 is 12.0 Å². The molecule has 0 spiro atoms. The maximum Gasteiger partial charge on any atom is 0.349 e. The molecule has 0 saturated carbocycles. The van der Waals surface area contributed by atoms with Crippen molar-refractivity contribution in [1.29, 1.82) is 0 Å². The first-order chi connectivity index (χ1) is 10.9. The SMILES string of the molecule is CC(C)NC(=O)NC(=O)[C@@H](C)OC(=O)c1cc2c(s1)CCCC2. The van der Waals surface area contributed by atoms with Crippen molar-refractivity contribution < 1.29 is 19.1 Å². The average molecular weight is 338 g/mol. The fourth-order valence-electron chi connectivity index (χ4n) is 2.38. The molecule has 1 heterocycles. The summed E-state index contributed by atoms with van der Waals surface area (Å²) in [5, 5.41) is 4.69. The van der Waals surface area contributed by atoms with Crippen LogP contribution >= 0.6 is 11.3 Å². The number of hydrogen-bond donors (Lipinski definition) is 2. The third-order valence-electron chi connectivity index (χ3n) is 3.51. The summed E-state index contributed by atoms with van der Waals surface area (Å²) in [5.41, 5.74) is 1.21. The van der Waals surface area contributed by atoms with Crippen LogP contribution < -0.4 is 10.6 Å². The Morgan fingerprint density at radius 2 is 1.87 bits per heavy atom. The van der Waals surface area contributed by atoms with Gasteiger partial charge in [-0.05, 0) is 58.1 Å². The van der Waals surface area contributed by atoms with Crippen molar-refractivity contribution in [3.63, 3.8) is 0 Å². The summed E-state index contributed by atoms with van der Waals surface area (Å²) in [5.74, 6) is -1.16. The lowest BCUT2D eigenvalue weighted by Crippen LogP contribution is -2.46. The van der Waals surface area contributed by atoms with Crippen LogP contribution in [0, 0.1) is 0 Å². The van der Waals surface area contributed by atoms with Crippen molar-refractivity contribution in [2.75, 3.05) is 0 Å². The molecule has 0 aliphatic heterocycles. The minimum atomic E-state index is -1.03. The number of urea groups is 1. The first-order valence-corrected chi connectivity index (χ1v) is 8.62. The zero-order valence-corrected chi connectivity index (χ0v) is 14.4. The Hall–Kier alpha value is -1.89. The minimum absolute atomic E-state index is 0.0851. The van der Waals surface area contributed by atoms with Gasteiger partial charge in [0, 0.05) is 10.9 Å². The summed E-state index contributed by atoms with van der Waals surface area (Å²) < 4.78 is 5.16. The topological polar surface area (TPSA) is 84.5 Å². The highest BCUT2D eigenvalue weighted by Gasteiger charge is 2.23. The third kappa shape index (κ3) is 4.79. The van der Waals surface area contributed by atoms with Crippen LogP contribution in [-0.2, 0) is 22.4 Å². The summed E-state index contributed by atoms with van der Waals surface area (Å²) in [7, 11) is 0. The molecule has 1 aromatic heterocycles. The molecule has 2 rings (SSSR count). The highest BCUT2D eigenvalue weighted by atomic mass is 32.1. The Bertz CT molecular complexity index is 586. The fraction of sp³-hybridized carbons (Fsp3) is 0.562. The van der Waals surface area contributed by atoms with Crippen LogP contribution in [0.15, 0.2) is 6.07 Å². The van der Waals surface area contributed by atoms with Gasteiger partial charge in [-0.3, -0.25) is 10.1 Å². The van der Waals surface area contributed by atoms with E-state index in [0.29, 0.717) is 4.88 Å². The second kappa shape index (κ2) is 7.59. The van der Waals surface area contributed by atoms with Crippen molar-refractivity contribution in [1.82, 2.24) is 10.6 Å². The number of nitrogens with one attached hydrogen (secondary N) is 2. The second-order valence-corrected chi connectivity index (χ2v) is 7.07. The molecule has 0 aromatic carbocycles. The average Bonchev–Trinajstić information content (AvgIpc) is 2.90. The summed E-state index contributed by atoms with van der Waals surface area (Å²) in [6.07, 6.45) is 3.25. The van der Waals surface area contributed by atoms with E-state index in [0.717, 1.165) is 25.7 Å². The summed E-state index contributed by atoms with van der Waals surface area (Å²) >= 11 is 1.43. The van der Waals surface area contributed by atoms with Crippen molar-refractivity contribution in [3.8, 4) is 0 Å². The molecule has 0 unspecified atom stereocenters. The number of rotatable bonds is 4. The molecular formula is C16H22N2O4S. The van der Waals surface area contributed by atoms with Gasteiger partial charge in [-0.1, -0.05) is 0 Å². The molecular weight excluding hydrogens is 316 g/mol. The molecule has 23 heavy (non-hydrogen) atoms. The lowest BCUT2D eigenvalue weighted by Gasteiger charge is -2.13. The first-order valence-electron chi connectivity index (χ1n) is 7.80. The van der Waals surface area contributed by atoms with Crippen LogP contribution in [0.25, 0.3) is 0 Å². The van der Waals surface area contributed by atoms with Crippen molar-refractivity contribution in [2.45, 2.75) is 58.6 Å². The Kier molecular flexibility index (Phi) is 5.76. The maximum absolute atomic E-state index is 12.1. The predicted octanol–water partition coefficient (Wildman–Crippen LogP) is 2.41. The largest absolute Gasteiger partial charge is 0.448 e. The summed E-state index contributed by atoms with van der Waals surface area (Å²) in [6.45, 7) is 5.02. The van der Waals surface area contributed by atoms with Crippen LogP contribution in [0.4, 0.5) is 4.79 Å². The number of carbonyl (C=O) groups is 3. The second-order valence-electron chi connectivity index (χ2n) is 5.93. The van der Waals surface area contributed by atoms with Gasteiger partial charge in [-0.15, -0.1) is 11.3 Å². The molecule has 1 aliphatic carbocycles. The van der Waals surface area contributed by atoms with Gasteiger partial charge in [0.2, 0.25) is 0 Å². The smallest absolute Gasteiger partial charge is 0.349 e. The van der Waals surface area contributed by atoms with Gasteiger partial charge in [0.05, 0.1) is 0 Å². The van der Waals surface area contributed by atoms with E-state index >= 15 is 0 Å². The van der Waals surface area contributed by atoms with Crippen LogP contribution in [-0.4, -0.2) is 30.1 Å². The Morgan fingerprint density at radius 1 is 1.17 bits per heavy atom. The van der Waals surface area contributed by atoms with Crippen molar-refractivity contribution >= 4 is 29.2 Å². The van der Waals surface area contributed by atoms with Gasteiger partial charge < -0.3 is 10.1 Å². The standard InChI is InChI=1S/C16H22N2O4S/c1-9(2)17-16(21)18-14(19)10(3)22-15(20)13-8-11-6-4-5-7-12(11)23-13/h8-10H,4-7H2,1-3H3,(H2,17,18,19,21)/t10-/m1/s1. The number of amides is 3. The van der Waals surface area contributed by atoms with E-state index in [1.165, 1.54) is 28.7 Å². The van der Waals surface area contributed by atoms with Gasteiger partial charge in [0.25, 0.3) is 5.91 Å². The molecule has 1 atom stereocenters. The first kappa shape index (κ1) is 17.5. The Morgan fingerprint density at radius 3 is 2.52 bits per heavy atom. The van der Waals surface area contributed by atoms with E-state index in [1.54, 1.807) is 13.8 Å². The van der Waals surface area contributed by atoms with E-state index < -0.39 is 24.0 Å². The highest BCUT2D eigenvalue weighted by Crippen LogP contribution is 2.30. The monoisotopic (exact) mass is 338 g/mol. The Labute approximate surface area is 139 Å². The van der Waals surface area contributed by atoms with E-state index in [2.05, 4.69) is 10.6 Å². The lowest BCUT2D eigenvalue weighted by atomic mass is 9.99. The zero-order chi connectivity index (χ0) is 17.0. The number of thiophene rings is 1. The predicted molar refractivity (Wildman–Crippen MR) is 87.6 cm³/mol. The quantitative estimate of drug-likeness (QED) is 0.826. The lowest BCUT2D eigenvalue weighted by molar-refractivity contribution is -0.127. The van der Waals surface area contributed by atoms with Crippen molar-refractivity contribution in [3.05, 3.63) is 21.4 Å². The maximum atomic E-state index is 12.1. The third-order valence-corrected chi connectivity index (χ3v) is 4.72. The normalized spacial score (nSPS) is 14.8. The number of esters is 1. The number of hydrogen-bond acceptors (Lipinski definition) is 5. The molecule has 1 aromatic rings.